The molecule has 2 heterocycles. The number of fused-ring (bicyclic) bond motifs is 2. The van der Waals surface area contributed by atoms with Gasteiger partial charge in [0.15, 0.2) is 0 Å². The minimum absolute atomic E-state index is 0.0349. The van der Waals surface area contributed by atoms with Gasteiger partial charge in [0, 0.05) is 47.2 Å². The molecule has 6 rings (SSSR count). The van der Waals surface area contributed by atoms with Crippen LogP contribution in [0.25, 0.3) is 21.8 Å². The number of anilines is 1. The van der Waals surface area contributed by atoms with E-state index in [0.29, 0.717) is 36.3 Å². The molecule has 328 valence electrons. The number of carbonyl (C=O) groups is 1. The molecule has 0 unspecified atom stereocenters. The van der Waals surface area contributed by atoms with E-state index >= 15 is 0 Å². The summed E-state index contributed by atoms with van der Waals surface area (Å²) < 4.78 is 89.1. The fraction of sp³-hybridized carbons (Fsp3) is 0.292. The number of aromatic nitrogens is 2. The van der Waals surface area contributed by atoms with E-state index in [1.165, 1.54) is 46.2 Å². The molecular weight excluding hydrogens is 811 g/mol. The average molecular weight is 861 g/mol. The standard InChI is InChI=1S/C24H25F3N2O2.C15H19NO.C9H6F3NO/c1-5-10-31-23(3,4)14-17-15-29(21-9-7-6-8-20(17)21)22(30)28-19-12-16(2)11-18(13-19)24(25,26)27;1-4-9-17-15(2,3)10-12-11-16-14-8-6-5-7-13(12)14;1-6-2-7(9(10,11)12)4-8(3-6)13-5-14/h5-9,11-13,15H,1,10,14H2,2-4H3,(H,28,30);4-8,11,16H,1,9-10H2,2-3H3;2-4H,1H3. The Morgan fingerprint density at radius 2 is 1.29 bits per heavy atom. The van der Waals surface area contributed by atoms with Crippen LogP contribution >= 0.6 is 0 Å². The van der Waals surface area contributed by atoms with Crippen LogP contribution in [0.1, 0.15) is 61.1 Å². The minimum atomic E-state index is -4.49. The van der Waals surface area contributed by atoms with Crippen LogP contribution in [0, 0.1) is 13.8 Å². The second kappa shape index (κ2) is 20.6. The molecule has 8 nitrogen and oxygen atoms in total. The molecule has 0 spiro atoms. The quantitative estimate of drug-likeness (QED) is 0.0554. The van der Waals surface area contributed by atoms with Crippen LogP contribution in [-0.4, -0.2) is 46.1 Å². The number of ether oxygens (including phenoxy) is 2. The highest BCUT2D eigenvalue weighted by molar-refractivity contribution is 5.99. The Kier molecular flexibility index (Phi) is 16.1. The highest BCUT2D eigenvalue weighted by Gasteiger charge is 2.32. The number of amides is 1. The molecule has 0 radical (unpaired) electrons. The number of aliphatic imine (C=N–C) groups is 1. The number of isocyanates is 1. The molecule has 2 aromatic heterocycles. The molecular formula is C48H50F6N4O4. The second-order valence-electron chi connectivity index (χ2n) is 15.7. The predicted octanol–water partition coefficient (Wildman–Crippen LogP) is 13.2. The molecule has 0 fully saturated rings. The fourth-order valence-electron chi connectivity index (χ4n) is 6.67. The number of H-pyrrole nitrogens is 1. The summed E-state index contributed by atoms with van der Waals surface area (Å²) in [4.78, 5) is 29.3. The number of alkyl halides is 6. The van der Waals surface area contributed by atoms with Gasteiger partial charge >= 0.3 is 18.4 Å². The van der Waals surface area contributed by atoms with Crippen molar-refractivity contribution in [1.82, 2.24) is 9.55 Å². The van der Waals surface area contributed by atoms with E-state index in [4.69, 9.17) is 9.47 Å². The van der Waals surface area contributed by atoms with Gasteiger partial charge in [-0.3, -0.25) is 4.57 Å². The molecule has 0 atom stereocenters. The zero-order valence-electron chi connectivity index (χ0n) is 35.4. The summed E-state index contributed by atoms with van der Waals surface area (Å²) in [6.07, 6.45) is 0.975. The Morgan fingerprint density at radius 3 is 1.87 bits per heavy atom. The first-order valence-corrected chi connectivity index (χ1v) is 19.5. The maximum atomic E-state index is 13.1. The number of nitrogens with zero attached hydrogens (tertiary/aromatic N) is 2. The third-order valence-corrected chi connectivity index (χ3v) is 9.32. The number of aromatic amines is 1. The van der Waals surface area contributed by atoms with Gasteiger partial charge < -0.3 is 19.8 Å². The normalized spacial score (nSPS) is 11.8. The zero-order valence-corrected chi connectivity index (χ0v) is 35.4. The summed E-state index contributed by atoms with van der Waals surface area (Å²) in [5.74, 6) is 0. The Bertz CT molecular complexity index is 2540. The first-order chi connectivity index (χ1) is 29.1. The topological polar surface area (TPSA) is 97.7 Å². The lowest BCUT2D eigenvalue weighted by Crippen LogP contribution is -2.27. The molecule has 0 aliphatic carbocycles. The molecule has 6 aromatic rings. The number of aryl methyl sites for hydroxylation is 2. The third kappa shape index (κ3) is 13.9. The van der Waals surface area contributed by atoms with Crippen LogP contribution in [0.15, 0.2) is 128 Å². The van der Waals surface area contributed by atoms with Crippen molar-refractivity contribution in [2.45, 2.75) is 77.9 Å². The maximum absolute atomic E-state index is 13.1. The van der Waals surface area contributed by atoms with Gasteiger partial charge in [0.1, 0.15) is 0 Å². The monoisotopic (exact) mass is 860 g/mol. The molecule has 4 aromatic carbocycles. The van der Waals surface area contributed by atoms with Gasteiger partial charge in [-0.1, -0.05) is 48.6 Å². The number of nitrogens with one attached hydrogen (secondary N) is 2. The van der Waals surface area contributed by atoms with E-state index in [9.17, 15) is 35.9 Å². The van der Waals surface area contributed by atoms with E-state index in [1.807, 2.05) is 38.1 Å². The smallest absolute Gasteiger partial charge is 0.371 e. The molecule has 0 aliphatic heterocycles. The predicted molar refractivity (Wildman–Crippen MR) is 233 cm³/mol. The van der Waals surface area contributed by atoms with Crippen molar-refractivity contribution in [3.63, 3.8) is 0 Å². The van der Waals surface area contributed by atoms with Crippen molar-refractivity contribution in [3.05, 3.63) is 156 Å². The van der Waals surface area contributed by atoms with E-state index in [2.05, 4.69) is 66.7 Å². The van der Waals surface area contributed by atoms with Crippen molar-refractivity contribution in [2.75, 3.05) is 18.5 Å². The minimum Gasteiger partial charge on any atom is -0.371 e. The highest BCUT2D eigenvalue weighted by atomic mass is 19.4. The first kappa shape index (κ1) is 48.5. The van der Waals surface area contributed by atoms with Crippen LogP contribution in [-0.2, 0) is 39.5 Å². The summed E-state index contributed by atoms with van der Waals surface area (Å²) >= 11 is 0. The average Bonchev–Trinajstić information content (AvgIpc) is 3.76. The molecule has 1 amide bonds. The summed E-state index contributed by atoms with van der Waals surface area (Å²) in [6.45, 7) is 19.5. The highest BCUT2D eigenvalue weighted by Crippen LogP contribution is 2.34. The Morgan fingerprint density at radius 1 is 0.758 bits per heavy atom. The lowest BCUT2D eigenvalue weighted by molar-refractivity contribution is -0.138. The number of benzene rings is 4. The second-order valence-corrected chi connectivity index (χ2v) is 15.7. The number of hydrogen-bond donors (Lipinski definition) is 2. The van der Waals surface area contributed by atoms with Gasteiger partial charge in [0.25, 0.3) is 0 Å². The zero-order chi connectivity index (χ0) is 45.9. The summed E-state index contributed by atoms with van der Waals surface area (Å²) in [5.41, 5.74) is 2.64. The Hall–Kier alpha value is -6.21. The van der Waals surface area contributed by atoms with Crippen molar-refractivity contribution in [3.8, 4) is 0 Å². The molecule has 14 heteroatoms. The van der Waals surface area contributed by atoms with E-state index < -0.39 is 35.1 Å². The van der Waals surface area contributed by atoms with Crippen molar-refractivity contribution in [1.29, 1.82) is 0 Å². The van der Waals surface area contributed by atoms with Crippen LogP contribution in [0.5, 0.6) is 0 Å². The molecule has 2 N–H and O–H groups in total. The molecule has 62 heavy (non-hydrogen) atoms. The van der Waals surface area contributed by atoms with E-state index in [0.717, 1.165) is 41.6 Å². The van der Waals surface area contributed by atoms with Crippen LogP contribution in [0.3, 0.4) is 0 Å². The first-order valence-electron chi connectivity index (χ1n) is 19.5. The fourth-order valence-corrected chi connectivity index (χ4v) is 6.67. The number of para-hydroxylation sites is 2. The van der Waals surface area contributed by atoms with Gasteiger partial charge in [0.05, 0.1) is 46.7 Å². The van der Waals surface area contributed by atoms with Crippen LogP contribution < -0.4 is 5.32 Å². The largest absolute Gasteiger partial charge is 0.416 e. The molecule has 0 saturated carbocycles. The van der Waals surface area contributed by atoms with Gasteiger partial charge in [-0.05, 0) is 112 Å². The van der Waals surface area contributed by atoms with Gasteiger partial charge in [-0.25, -0.2) is 9.59 Å². The Balaban J connectivity index is 0.000000228. The summed E-state index contributed by atoms with van der Waals surface area (Å²) in [6, 6.07) is 21.9. The van der Waals surface area contributed by atoms with Crippen LogP contribution in [0.4, 0.5) is 42.5 Å². The van der Waals surface area contributed by atoms with Gasteiger partial charge in [0.2, 0.25) is 6.08 Å². The Labute approximate surface area is 357 Å². The van der Waals surface area contributed by atoms with E-state index in [-0.39, 0.29) is 17.0 Å². The van der Waals surface area contributed by atoms with Crippen molar-refractivity contribution in [2.24, 2.45) is 4.99 Å². The molecule has 0 aliphatic rings. The molecule has 0 bridgehead atoms. The molecule has 0 saturated heterocycles. The van der Waals surface area contributed by atoms with Crippen molar-refractivity contribution >= 4 is 45.3 Å². The number of halogens is 6. The number of carbonyl (C=O) groups excluding carboxylic acids is 2. The van der Waals surface area contributed by atoms with Gasteiger partial charge in [-0.15, -0.1) is 13.2 Å². The third-order valence-electron chi connectivity index (χ3n) is 9.32. The number of hydrogen-bond acceptors (Lipinski definition) is 5. The lowest BCUT2D eigenvalue weighted by Gasteiger charge is -2.24. The number of rotatable bonds is 12. The van der Waals surface area contributed by atoms with Gasteiger partial charge in [-0.2, -0.15) is 31.3 Å². The van der Waals surface area contributed by atoms with Crippen LogP contribution in [0.2, 0.25) is 0 Å². The summed E-state index contributed by atoms with van der Waals surface area (Å²) in [7, 11) is 0. The SMILES string of the molecule is C=CCOC(C)(C)Cc1c[nH]c2ccccc12.C=CCOC(C)(C)Cc1cn(C(=O)Nc2cc(C)cc(C(F)(F)F)c2)c2ccccc12.Cc1cc(N=C=O)cc(C(F)(F)F)c1. The van der Waals surface area contributed by atoms with E-state index in [1.54, 1.807) is 31.3 Å². The lowest BCUT2D eigenvalue weighted by atomic mass is 9.98. The summed E-state index contributed by atoms with van der Waals surface area (Å²) in [5, 5.41) is 4.76. The maximum Gasteiger partial charge on any atom is 0.416 e. The van der Waals surface area contributed by atoms with Crippen molar-refractivity contribution < 1.29 is 45.4 Å².